The van der Waals surface area contributed by atoms with Gasteiger partial charge in [-0.15, -0.1) is 0 Å². The molecule has 0 unspecified atom stereocenters. The summed E-state index contributed by atoms with van der Waals surface area (Å²) in [4.78, 5) is 4.04. The molecule has 0 spiro atoms. The van der Waals surface area contributed by atoms with E-state index in [9.17, 15) is 8.78 Å². The number of pyridine rings is 1. The lowest BCUT2D eigenvalue weighted by molar-refractivity contribution is -0.0361. The number of halogens is 3. The van der Waals surface area contributed by atoms with Crippen LogP contribution in [0.4, 0.5) is 14.6 Å². The van der Waals surface area contributed by atoms with Crippen LogP contribution in [0.3, 0.4) is 0 Å². The number of nitrogens with zero attached hydrogens (tertiary/aromatic N) is 1. The monoisotopic (exact) mass is 245 g/mol. The number of hydrogen-bond acceptors (Lipinski definition) is 2. The highest BCUT2D eigenvalue weighted by Gasteiger charge is 2.34. The van der Waals surface area contributed by atoms with Gasteiger partial charge in [0.15, 0.2) is 0 Å². The molecule has 1 aromatic heterocycles. The van der Waals surface area contributed by atoms with Crippen LogP contribution in [0.1, 0.15) is 25.7 Å². The minimum absolute atomic E-state index is 0.0546. The lowest BCUT2D eigenvalue weighted by Gasteiger charge is -2.29. The molecule has 1 radical (unpaired) electrons. The molecular formula is C11H12ClF2N2. The first-order chi connectivity index (χ1) is 7.55. The van der Waals surface area contributed by atoms with Gasteiger partial charge in [-0.05, 0) is 31.0 Å². The minimum Gasteiger partial charge on any atom is -0.367 e. The van der Waals surface area contributed by atoms with Crippen molar-refractivity contribution in [1.82, 2.24) is 4.98 Å². The summed E-state index contributed by atoms with van der Waals surface area (Å²) in [5.74, 6) is -1.89. The van der Waals surface area contributed by atoms with Crippen molar-refractivity contribution in [3.8, 4) is 0 Å². The van der Waals surface area contributed by atoms with E-state index >= 15 is 0 Å². The van der Waals surface area contributed by atoms with Crippen molar-refractivity contribution in [2.24, 2.45) is 0 Å². The first kappa shape index (κ1) is 11.6. The largest absolute Gasteiger partial charge is 0.367 e. The zero-order valence-electron chi connectivity index (χ0n) is 8.64. The lowest BCUT2D eigenvalue weighted by atomic mass is 9.92. The highest BCUT2D eigenvalue weighted by molar-refractivity contribution is 6.29. The molecule has 0 saturated heterocycles. The molecule has 1 aliphatic carbocycles. The maximum atomic E-state index is 12.9. The average Bonchev–Trinajstić information content (AvgIpc) is 2.21. The van der Waals surface area contributed by atoms with Crippen molar-refractivity contribution >= 4 is 17.4 Å². The van der Waals surface area contributed by atoms with Crippen LogP contribution in [0.5, 0.6) is 0 Å². The number of hydrogen-bond donors (Lipinski definition) is 1. The van der Waals surface area contributed by atoms with E-state index in [0.29, 0.717) is 23.8 Å². The molecule has 2 rings (SSSR count). The summed E-state index contributed by atoms with van der Waals surface area (Å²) in [5, 5.41) is 3.45. The van der Waals surface area contributed by atoms with Crippen LogP contribution in [0.25, 0.3) is 0 Å². The number of nitrogens with one attached hydrogen (secondary N) is 1. The van der Waals surface area contributed by atoms with Crippen molar-refractivity contribution in [2.45, 2.75) is 37.6 Å². The number of aromatic nitrogens is 1. The van der Waals surface area contributed by atoms with Crippen molar-refractivity contribution in [3.63, 3.8) is 0 Å². The van der Waals surface area contributed by atoms with E-state index in [2.05, 4.69) is 16.4 Å². The molecule has 1 saturated carbocycles. The third-order valence-electron chi connectivity index (χ3n) is 2.72. The van der Waals surface area contributed by atoms with Gasteiger partial charge in [0.1, 0.15) is 11.0 Å². The van der Waals surface area contributed by atoms with Crippen molar-refractivity contribution < 1.29 is 8.78 Å². The maximum absolute atomic E-state index is 12.9. The molecule has 1 aromatic rings. The molecule has 0 amide bonds. The second-order valence-corrected chi connectivity index (χ2v) is 4.44. The van der Waals surface area contributed by atoms with Crippen molar-refractivity contribution in [3.05, 3.63) is 23.4 Å². The van der Waals surface area contributed by atoms with Gasteiger partial charge in [0.2, 0.25) is 5.92 Å². The van der Waals surface area contributed by atoms with Crippen LogP contribution in [-0.2, 0) is 0 Å². The quantitative estimate of drug-likeness (QED) is 0.807. The van der Waals surface area contributed by atoms with Crippen LogP contribution in [-0.4, -0.2) is 16.9 Å². The Bertz CT molecular complexity index is 361. The molecule has 0 bridgehead atoms. The van der Waals surface area contributed by atoms with Crippen LogP contribution in [0.2, 0.25) is 5.15 Å². The fourth-order valence-electron chi connectivity index (χ4n) is 1.84. The van der Waals surface area contributed by atoms with Crippen LogP contribution >= 0.6 is 11.6 Å². The molecule has 87 valence electrons. The second kappa shape index (κ2) is 4.53. The van der Waals surface area contributed by atoms with Gasteiger partial charge in [-0.2, -0.15) is 0 Å². The zero-order chi connectivity index (χ0) is 11.6. The molecule has 1 fully saturated rings. The fraction of sp³-hybridized carbons (Fsp3) is 0.545. The van der Waals surface area contributed by atoms with Gasteiger partial charge in [-0.1, -0.05) is 11.6 Å². The Kier molecular flexibility index (Phi) is 3.28. The van der Waals surface area contributed by atoms with Gasteiger partial charge in [-0.3, -0.25) is 0 Å². The Morgan fingerprint density at radius 1 is 1.38 bits per heavy atom. The Morgan fingerprint density at radius 3 is 2.69 bits per heavy atom. The second-order valence-electron chi connectivity index (χ2n) is 4.05. The van der Waals surface area contributed by atoms with E-state index in [1.54, 1.807) is 12.1 Å². The molecule has 0 atom stereocenters. The standard InChI is InChI=1S/C11H12ClF2N2/c12-9-2-1-3-10(16-9)15-8-4-6-11(13,14)7-5-8/h2-3,8H,4-7H2,(H,15,16). The maximum Gasteiger partial charge on any atom is 0.248 e. The first-order valence-corrected chi connectivity index (χ1v) is 5.61. The third kappa shape index (κ3) is 3.04. The number of alkyl halides is 2. The van der Waals surface area contributed by atoms with Gasteiger partial charge < -0.3 is 5.32 Å². The van der Waals surface area contributed by atoms with E-state index in [1.807, 2.05) is 0 Å². The highest BCUT2D eigenvalue weighted by atomic mass is 35.5. The fourth-order valence-corrected chi connectivity index (χ4v) is 1.99. The summed E-state index contributed by atoms with van der Waals surface area (Å²) in [6.45, 7) is 0. The van der Waals surface area contributed by atoms with E-state index in [4.69, 9.17) is 11.6 Å². The number of rotatable bonds is 2. The van der Waals surface area contributed by atoms with Crippen LogP contribution in [0, 0.1) is 6.07 Å². The Morgan fingerprint density at radius 2 is 2.06 bits per heavy atom. The van der Waals surface area contributed by atoms with Gasteiger partial charge in [0, 0.05) is 18.9 Å². The average molecular weight is 246 g/mol. The predicted octanol–water partition coefficient (Wildman–Crippen LogP) is 3.52. The molecular weight excluding hydrogens is 234 g/mol. The van der Waals surface area contributed by atoms with Gasteiger partial charge >= 0.3 is 0 Å². The van der Waals surface area contributed by atoms with Gasteiger partial charge in [0.25, 0.3) is 0 Å². The molecule has 5 heteroatoms. The summed E-state index contributed by atoms with van der Waals surface area (Å²) in [7, 11) is 0. The molecule has 16 heavy (non-hydrogen) atoms. The first-order valence-electron chi connectivity index (χ1n) is 5.23. The van der Waals surface area contributed by atoms with Crippen molar-refractivity contribution in [1.29, 1.82) is 0 Å². The highest BCUT2D eigenvalue weighted by Crippen LogP contribution is 2.34. The Labute approximate surface area is 98.0 Å². The van der Waals surface area contributed by atoms with Crippen LogP contribution in [0.15, 0.2) is 12.1 Å². The Balaban J connectivity index is 1.92. The van der Waals surface area contributed by atoms with E-state index in [-0.39, 0.29) is 18.9 Å². The molecule has 1 N–H and O–H groups in total. The van der Waals surface area contributed by atoms with Gasteiger partial charge in [0.05, 0.1) is 0 Å². The molecule has 0 aliphatic heterocycles. The smallest absolute Gasteiger partial charge is 0.248 e. The topological polar surface area (TPSA) is 24.9 Å². The summed E-state index contributed by atoms with van der Waals surface area (Å²) in [5.41, 5.74) is 0. The SMILES string of the molecule is FC1(F)CCC(Nc2c[c]cc(Cl)n2)CC1. The van der Waals surface area contributed by atoms with E-state index < -0.39 is 5.92 Å². The summed E-state index contributed by atoms with van der Waals surface area (Å²) in [6, 6.07) is 6.11. The summed E-state index contributed by atoms with van der Waals surface area (Å²) in [6.07, 6.45) is 0.798. The predicted molar refractivity (Wildman–Crippen MR) is 58.9 cm³/mol. The van der Waals surface area contributed by atoms with Crippen LogP contribution < -0.4 is 5.32 Å². The minimum atomic E-state index is -2.49. The number of anilines is 1. The summed E-state index contributed by atoms with van der Waals surface area (Å²) >= 11 is 5.71. The normalized spacial score (nSPS) is 20.7. The molecule has 2 nitrogen and oxygen atoms in total. The third-order valence-corrected chi connectivity index (χ3v) is 2.91. The van der Waals surface area contributed by atoms with Gasteiger partial charge in [-0.25, -0.2) is 13.8 Å². The Hall–Kier alpha value is -0.900. The lowest BCUT2D eigenvalue weighted by Crippen LogP contribution is -2.32. The van der Waals surface area contributed by atoms with E-state index in [1.165, 1.54) is 0 Å². The van der Waals surface area contributed by atoms with E-state index in [0.717, 1.165) is 0 Å². The molecule has 1 aliphatic rings. The summed E-state index contributed by atoms with van der Waals surface area (Å²) < 4.78 is 25.8. The zero-order valence-corrected chi connectivity index (χ0v) is 9.40. The molecule has 0 aromatic carbocycles. The van der Waals surface area contributed by atoms with Crippen molar-refractivity contribution in [2.75, 3.05) is 5.32 Å². The molecule has 1 heterocycles.